The van der Waals surface area contributed by atoms with Crippen LogP contribution in [0.3, 0.4) is 0 Å². The molecule has 0 aromatic heterocycles. The van der Waals surface area contributed by atoms with Crippen molar-refractivity contribution in [2.75, 3.05) is 32.8 Å². The van der Waals surface area contributed by atoms with Crippen LogP contribution in [0.5, 0.6) is 0 Å². The highest BCUT2D eigenvalue weighted by Gasteiger charge is 2.41. The Balaban J connectivity index is 1.29. The lowest BCUT2D eigenvalue weighted by molar-refractivity contribution is 0.0382. The number of benzene rings is 2. The smallest absolute Gasteiger partial charge is 0.409 e. The van der Waals surface area contributed by atoms with Crippen LogP contribution in [-0.2, 0) is 14.8 Å². The average molecular weight is 544 g/mol. The third kappa shape index (κ3) is 6.05. The SMILES string of the molecule is O=C(OC[C@H]1CCC[C@@H](c2cccc(F)c2)N1S(=O)(=O)c1ccccc1)N1CCN(C2CCCCC2)CC1. The monoisotopic (exact) mass is 543 g/mol. The Hall–Kier alpha value is -2.49. The fraction of sp³-hybridized carbons (Fsp3) is 0.552. The molecule has 9 heteroatoms. The lowest BCUT2D eigenvalue weighted by Crippen LogP contribution is -2.53. The quantitative estimate of drug-likeness (QED) is 0.501. The first-order chi connectivity index (χ1) is 18.4. The van der Waals surface area contributed by atoms with E-state index in [2.05, 4.69) is 4.90 Å². The second-order valence-corrected chi connectivity index (χ2v) is 12.5. The summed E-state index contributed by atoms with van der Waals surface area (Å²) in [5.74, 6) is -0.402. The Labute approximate surface area is 225 Å². The van der Waals surface area contributed by atoms with Crippen molar-refractivity contribution < 1.29 is 22.3 Å². The van der Waals surface area contributed by atoms with Crippen LogP contribution >= 0.6 is 0 Å². The highest BCUT2D eigenvalue weighted by Crippen LogP contribution is 2.39. The Morgan fingerprint density at radius 3 is 2.32 bits per heavy atom. The predicted molar refractivity (Wildman–Crippen MR) is 144 cm³/mol. The van der Waals surface area contributed by atoms with E-state index in [0.29, 0.717) is 37.5 Å². The van der Waals surface area contributed by atoms with E-state index in [-0.39, 0.29) is 11.5 Å². The molecule has 2 heterocycles. The van der Waals surface area contributed by atoms with Gasteiger partial charge >= 0.3 is 6.09 Å². The standard InChI is InChI=1S/C29H38FN3O4S/c30-24-10-7-9-23(21-24)28-16-8-13-26(33(28)38(35,36)27-14-5-2-6-15-27)22-37-29(34)32-19-17-31(18-20-32)25-11-3-1-4-12-25/h2,5-7,9-10,14-15,21,25-26,28H,1,3-4,8,11-13,16-20,22H2/t26-,28+/m1/s1. The fourth-order valence-electron chi connectivity index (χ4n) is 6.29. The van der Waals surface area contributed by atoms with Gasteiger partial charge in [0.15, 0.2) is 0 Å². The molecule has 0 bridgehead atoms. The highest BCUT2D eigenvalue weighted by molar-refractivity contribution is 7.89. The number of piperidine rings is 1. The first kappa shape index (κ1) is 27.1. The number of ether oxygens (including phenoxy) is 1. The molecule has 2 saturated heterocycles. The first-order valence-electron chi connectivity index (χ1n) is 13.9. The number of rotatable bonds is 6. The number of amides is 1. The number of hydrogen-bond acceptors (Lipinski definition) is 5. The van der Waals surface area contributed by atoms with Crippen molar-refractivity contribution in [1.82, 2.24) is 14.1 Å². The number of nitrogens with zero attached hydrogens (tertiary/aromatic N) is 3. The maximum Gasteiger partial charge on any atom is 0.409 e. The van der Waals surface area contributed by atoms with Crippen LogP contribution in [0.25, 0.3) is 0 Å². The molecule has 38 heavy (non-hydrogen) atoms. The van der Waals surface area contributed by atoms with Crippen molar-refractivity contribution in [2.45, 2.75) is 74.4 Å². The highest BCUT2D eigenvalue weighted by atomic mass is 32.2. The number of carbonyl (C=O) groups excluding carboxylic acids is 1. The molecule has 0 spiro atoms. The van der Waals surface area contributed by atoms with Gasteiger partial charge in [-0.15, -0.1) is 0 Å². The zero-order chi connectivity index (χ0) is 26.5. The molecule has 2 atom stereocenters. The van der Waals surface area contributed by atoms with E-state index in [1.807, 2.05) is 0 Å². The van der Waals surface area contributed by atoms with Crippen molar-refractivity contribution in [3.63, 3.8) is 0 Å². The van der Waals surface area contributed by atoms with Gasteiger partial charge in [0.1, 0.15) is 12.4 Å². The summed E-state index contributed by atoms with van der Waals surface area (Å²) in [5.41, 5.74) is 0.611. The fourth-order valence-corrected chi connectivity index (χ4v) is 8.16. The summed E-state index contributed by atoms with van der Waals surface area (Å²) >= 11 is 0. The normalized spacial score (nSPS) is 24.3. The summed E-state index contributed by atoms with van der Waals surface area (Å²) in [5, 5.41) is 0. The molecular formula is C29H38FN3O4S. The molecule has 0 unspecified atom stereocenters. The molecule has 1 aliphatic carbocycles. The van der Waals surface area contributed by atoms with E-state index < -0.39 is 34.0 Å². The summed E-state index contributed by atoms with van der Waals surface area (Å²) in [6.45, 7) is 2.91. The van der Waals surface area contributed by atoms with Crippen LogP contribution in [0.4, 0.5) is 9.18 Å². The van der Waals surface area contributed by atoms with Crippen molar-refractivity contribution >= 4 is 16.1 Å². The maximum atomic E-state index is 14.1. The van der Waals surface area contributed by atoms with E-state index in [1.54, 1.807) is 47.4 Å². The molecule has 7 nitrogen and oxygen atoms in total. The molecule has 2 aromatic rings. The second kappa shape index (κ2) is 12.1. The van der Waals surface area contributed by atoms with Gasteiger partial charge in [-0.05, 0) is 61.9 Å². The number of hydrogen-bond donors (Lipinski definition) is 0. The largest absolute Gasteiger partial charge is 0.448 e. The second-order valence-electron chi connectivity index (χ2n) is 10.7. The molecule has 1 saturated carbocycles. The number of halogens is 1. The Bertz CT molecular complexity index is 1180. The minimum Gasteiger partial charge on any atom is -0.448 e. The lowest BCUT2D eigenvalue weighted by Gasteiger charge is -2.42. The van der Waals surface area contributed by atoms with Gasteiger partial charge in [-0.1, -0.05) is 49.6 Å². The molecule has 3 aliphatic rings. The Kier molecular flexibility index (Phi) is 8.65. The van der Waals surface area contributed by atoms with Gasteiger partial charge in [0.05, 0.1) is 17.0 Å². The topological polar surface area (TPSA) is 70.2 Å². The van der Waals surface area contributed by atoms with Gasteiger partial charge in [-0.3, -0.25) is 4.90 Å². The van der Waals surface area contributed by atoms with Gasteiger partial charge in [0.2, 0.25) is 10.0 Å². The third-order valence-electron chi connectivity index (χ3n) is 8.30. The summed E-state index contributed by atoms with van der Waals surface area (Å²) in [6, 6.07) is 14.0. The lowest BCUT2D eigenvalue weighted by atomic mass is 9.93. The first-order valence-corrected chi connectivity index (χ1v) is 15.4. The zero-order valence-electron chi connectivity index (χ0n) is 21.9. The van der Waals surface area contributed by atoms with E-state index in [9.17, 15) is 17.6 Å². The van der Waals surface area contributed by atoms with Crippen LogP contribution in [0.1, 0.15) is 63.0 Å². The molecule has 206 valence electrons. The molecule has 2 aliphatic heterocycles. The van der Waals surface area contributed by atoms with Gasteiger partial charge in [-0.2, -0.15) is 4.31 Å². The van der Waals surface area contributed by atoms with Gasteiger partial charge in [-0.25, -0.2) is 17.6 Å². The van der Waals surface area contributed by atoms with E-state index in [1.165, 1.54) is 48.5 Å². The molecule has 2 aromatic carbocycles. The average Bonchev–Trinajstić information content (AvgIpc) is 2.96. The van der Waals surface area contributed by atoms with Gasteiger partial charge in [0, 0.05) is 32.2 Å². The van der Waals surface area contributed by atoms with Crippen LogP contribution in [0, 0.1) is 5.82 Å². The Morgan fingerprint density at radius 1 is 0.868 bits per heavy atom. The molecule has 1 amide bonds. The maximum absolute atomic E-state index is 14.1. The van der Waals surface area contributed by atoms with Crippen molar-refractivity contribution in [3.05, 3.63) is 66.0 Å². The molecule has 0 radical (unpaired) electrons. The number of carbonyl (C=O) groups is 1. The van der Waals surface area contributed by atoms with Crippen molar-refractivity contribution in [1.29, 1.82) is 0 Å². The van der Waals surface area contributed by atoms with E-state index >= 15 is 0 Å². The van der Waals surface area contributed by atoms with E-state index in [0.717, 1.165) is 19.5 Å². The summed E-state index contributed by atoms with van der Waals surface area (Å²) < 4.78 is 49.1. The molecule has 5 rings (SSSR count). The zero-order valence-corrected chi connectivity index (χ0v) is 22.7. The predicted octanol–water partition coefficient (Wildman–Crippen LogP) is 5.20. The number of piperazine rings is 1. The van der Waals surface area contributed by atoms with Crippen LogP contribution in [-0.4, -0.2) is 73.5 Å². The number of sulfonamides is 1. The van der Waals surface area contributed by atoms with Crippen molar-refractivity contribution in [3.8, 4) is 0 Å². The van der Waals surface area contributed by atoms with Crippen LogP contribution < -0.4 is 0 Å². The van der Waals surface area contributed by atoms with Crippen LogP contribution in [0.2, 0.25) is 0 Å². The minimum atomic E-state index is -3.91. The molecular weight excluding hydrogens is 505 g/mol. The Morgan fingerprint density at radius 2 is 1.61 bits per heavy atom. The molecule has 3 fully saturated rings. The van der Waals surface area contributed by atoms with Crippen molar-refractivity contribution in [2.24, 2.45) is 0 Å². The van der Waals surface area contributed by atoms with Crippen LogP contribution in [0.15, 0.2) is 59.5 Å². The summed E-state index contributed by atoms with van der Waals surface area (Å²) in [4.78, 5) is 17.4. The third-order valence-corrected chi connectivity index (χ3v) is 10.3. The summed E-state index contributed by atoms with van der Waals surface area (Å²) in [7, 11) is -3.91. The molecule has 0 N–H and O–H groups in total. The van der Waals surface area contributed by atoms with E-state index in [4.69, 9.17) is 4.74 Å². The minimum absolute atomic E-state index is 0.0282. The van der Waals surface area contributed by atoms with Gasteiger partial charge in [0.25, 0.3) is 0 Å². The van der Waals surface area contributed by atoms with Gasteiger partial charge < -0.3 is 9.64 Å². The summed E-state index contributed by atoms with van der Waals surface area (Å²) in [6.07, 6.45) is 7.88.